The first-order valence-corrected chi connectivity index (χ1v) is 7.68. The molecule has 22 heavy (non-hydrogen) atoms. The highest BCUT2D eigenvalue weighted by atomic mass is 32.2. The van der Waals surface area contributed by atoms with E-state index in [9.17, 15) is 17.6 Å². The fraction of sp³-hybridized carbons (Fsp3) is 0. The summed E-state index contributed by atoms with van der Waals surface area (Å²) in [6, 6.07) is 11.4. The van der Waals surface area contributed by atoms with E-state index in [0.717, 1.165) is 6.07 Å². The molecule has 0 unspecified atom stereocenters. The van der Waals surface area contributed by atoms with E-state index >= 15 is 0 Å². The predicted molar refractivity (Wildman–Crippen MR) is 79.7 cm³/mol. The smallest absolute Gasteiger partial charge is 0.292 e. The Balaban J connectivity index is 1.90. The van der Waals surface area contributed by atoms with Crippen molar-refractivity contribution in [2.45, 2.75) is 4.90 Å². The second-order valence-corrected chi connectivity index (χ2v) is 6.07. The van der Waals surface area contributed by atoms with Gasteiger partial charge in [0.2, 0.25) is 5.84 Å². The summed E-state index contributed by atoms with van der Waals surface area (Å²) in [6.07, 6.45) is 0. The molecule has 1 aliphatic rings. The van der Waals surface area contributed by atoms with E-state index in [1.807, 2.05) is 0 Å². The van der Waals surface area contributed by atoms with Crippen LogP contribution in [0.25, 0.3) is 0 Å². The third-order valence-electron chi connectivity index (χ3n) is 2.93. The number of fused-ring (bicyclic) bond motifs is 1. The number of carbonyl (C=O) groups is 1. The summed E-state index contributed by atoms with van der Waals surface area (Å²) < 4.78 is 40.6. The molecule has 0 saturated carbocycles. The quantitative estimate of drug-likeness (QED) is 0.886. The van der Waals surface area contributed by atoms with Crippen molar-refractivity contribution in [3.8, 4) is 0 Å². The molecule has 1 heterocycles. The maximum absolute atomic E-state index is 13.1. The molecular formula is C14H10FN3O3S. The normalized spacial score (nSPS) is 15.2. The predicted octanol–water partition coefficient (Wildman–Crippen LogP) is 1.98. The van der Waals surface area contributed by atoms with Gasteiger partial charge in [0.15, 0.2) is 0 Å². The number of para-hydroxylation sites is 1. The van der Waals surface area contributed by atoms with Crippen molar-refractivity contribution in [1.29, 1.82) is 0 Å². The van der Waals surface area contributed by atoms with E-state index in [-0.39, 0.29) is 22.1 Å². The number of halogens is 1. The lowest BCUT2D eigenvalue weighted by atomic mass is 10.3. The molecule has 0 bridgehead atoms. The minimum Gasteiger partial charge on any atom is -0.334 e. The first-order chi connectivity index (χ1) is 10.5. The van der Waals surface area contributed by atoms with Crippen LogP contribution in [0.2, 0.25) is 0 Å². The monoisotopic (exact) mass is 319 g/mol. The van der Waals surface area contributed by atoms with Crippen molar-refractivity contribution in [3.05, 3.63) is 54.3 Å². The van der Waals surface area contributed by atoms with Gasteiger partial charge in [-0.15, -0.1) is 4.40 Å². The topological polar surface area (TPSA) is 87.6 Å². The average molecular weight is 319 g/mol. The fourth-order valence-electron chi connectivity index (χ4n) is 1.97. The number of sulfonamides is 1. The van der Waals surface area contributed by atoms with Crippen molar-refractivity contribution in [1.82, 2.24) is 0 Å². The van der Waals surface area contributed by atoms with Crippen molar-refractivity contribution in [2.75, 3.05) is 10.6 Å². The molecule has 1 amide bonds. The van der Waals surface area contributed by atoms with Crippen LogP contribution in [0.4, 0.5) is 15.8 Å². The molecule has 0 fully saturated rings. The second-order valence-electron chi connectivity index (χ2n) is 4.50. The number of carbonyl (C=O) groups excluding carboxylic acids is 1. The van der Waals surface area contributed by atoms with Crippen LogP contribution in [0.5, 0.6) is 0 Å². The third kappa shape index (κ3) is 2.68. The number of hydrogen-bond acceptors (Lipinski definition) is 4. The molecule has 112 valence electrons. The van der Waals surface area contributed by atoms with E-state index in [1.54, 1.807) is 12.1 Å². The Morgan fingerprint density at radius 2 is 1.91 bits per heavy atom. The van der Waals surface area contributed by atoms with E-state index in [2.05, 4.69) is 15.0 Å². The van der Waals surface area contributed by atoms with E-state index < -0.39 is 21.7 Å². The Morgan fingerprint density at radius 1 is 1.14 bits per heavy atom. The minimum atomic E-state index is -3.95. The Labute approximate surface area is 125 Å². The average Bonchev–Trinajstić information content (AvgIpc) is 2.46. The Kier molecular flexibility index (Phi) is 3.38. The Morgan fingerprint density at radius 3 is 2.68 bits per heavy atom. The van der Waals surface area contributed by atoms with Crippen LogP contribution in [-0.2, 0) is 14.8 Å². The highest BCUT2D eigenvalue weighted by Gasteiger charge is 2.27. The van der Waals surface area contributed by atoms with Gasteiger partial charge in [-0.25, -0.2) is 4.39 Å². The van der Waals surface area contributed by atoms with Crippen molar-refractivity contribution in [3.63, 3.8) is 0 Å². The number of hydrogen-bond donors (Lipinski definition) is 2. The van der Waals surface area contributed by atoms with Crippen molar-refractivity contribution >= 4 is 33.1 Å². The Bertz CT molecular complexity index is 894. The standard InChI is InChI=1S/C14H10FN3O3S/c15-9-4-3-5-10(8-9)16-14(19)13-17-11-6-1-2-7-12(11)22(20,21)18-13/h1-8H,(H,16,19)(H,17,18). The largest absolute Gasteiger partial charge is 0.334 e. The number of nitrogens with one attached hydrogen (secondary N) is 2. The van der Waals surface area contributed by atoms with Gasteiger partial charge in [-0.2, -0.15) is 8.42 Å². The number of benzene rings is 2. The molecule has 0 saturated heterocycles. The summed E-state index contributed by atoms with van der Waals surface area (Å²) in [7, 11) is -3.95. The summed E-state index contributed by atoms with van der Waals surface area (Å²) in [4.78, 5) is 12.1. The highest BCUT2D eigenvalue weighted by Crippen LogP contribution is 2.26. The lowest BCUT2D eigenvalue weighted by Gasteiger charge is -2.17. The molecule has 2 aromatic carbocycles. The van der Waals surface area contributed by atoms with Crippen LogP contribution < -0.4 is 10.6 Å². The summed E-state index contributed by atoms with van der Waals surface area (Å²) in [6.45, 7) is 0. The number of rotatable bonds is 2. The van der Waals surface area contributed by atoms with E-state index in [4.69, 9.17) is 0 Å². The lowest BCUT2D eigenvalue weighted by Crippen LogP contribution is -2.33. The molecule has 0 radical (unpaired) electrons. The SMILES string of the molecule is O=C(Nc1cccc(F)c1)C1=NS(=O)(=O)c2ccccc2N1. The summed E-state index contributed by atoms with van der Waals surface area (Å²) in [5.74, 6) is -1.67. The maximum Gasteiger partial charge on any atom is 0.292 e. The summed E-state index contributed by atoms with van der Waals surface area (Å²) >= 11 is 0. The van der Waals surface area contributed by atoms with Gasteiger partial charge in [-0.05, 0) is 30.3 Å². The molecule has 6 nitrogen and oxygen atoms in total. The molecule has 8 heteroatoms. The van der Waals surface area contributed by atoms with Crippen LogP contribution in [0.15, 0.2) is 57.8 Å². The molecule has 0 aromatic heterocycles. The number of amidine groups is 1. The molecule has 0 spiro atoms. The third-order valence-corrected chi connectivity index (χ3v) is 4.26. The van der Waals surface area contributed by atoms with Crippen LogP contribution in [0, 0.1) is 5.82 Å². The molecule has 0 atom stereocenters. The Hall–Kier alpha value is -2.74. The molecule has 3 rings (SSSR count). The van der Waals surface area contributed by atoms with Crippen LogP contribution in [0.3, 0.4) is 0 Å². The molecule has 1 aliphatic heterocycles. The van der Waals surface area contributed by atoms with Gasteiger partial charge in [-0.1, -0.05) is 18.2 Å². The van der Waals surface area contributed by atoms with Crippen molar-refractivity contribution < 1.29 is 17.6 Å². The first kappa shape index (κ1) is 14.2. The van der Waals surface area contributed by atoms with Crippen LogP contribution in [-0.4, -0.2) is 20.2 Å². The maximum atomic E-state index is 13.1. The zero-order valence-corrected chi connectivity index (χ0v) is 11.9. The van der Waals surface area contributed by atoms with Gasteiger partial charge in [-0.3, -0.25) is 4.79 Å². The lowest BCUT2D eigenvalue weighted by molar-refractivity contribution is -0.110. The number of amides is 1. The van der Waals surface area contributed by atoms with E-state index in [1.165, 1.54) is 30.3 Å². The van der Waals surface area contributed by atoms with Crippen LogP contribution in [0.1, 0.15) is 0 Å². The van der Waals surface area contributed by atoms with Gasteiger partial charge >= 0.3 is 0 Å². The molecular weight excluding hydrogens is 309 g/mol. The molecule has 0 aliphatic carbocycles. The van der Waals surface area contributed by atoms with E-state index in [0.29, 0.717) is 0 Å². The number of anilines is 2. The second kappa shape index (κ2) is 5.23. The highest BCUT2D eigenvalue weighted by molar-refractivity contribution is 7.90. The van der Waals surface area contributed by atoms with Crippen LogP contribution >= 0.6 is 0 Å². The molecule has 2 N–H and O–H groups in total. The van der Waals surface area contributed by atoms with Gasteiger partial charge < -0.3 is 10.6 Å². The summed E-state index contributed by atoms with van der Waals surface area (Å²) in [5.41, 5.74) is 0.465. The van der Waals surface area contributed by atoms with Gasteiger partial charge in [0.25, 0.3) is 15.9 Å². The molecule has 2 aromatic rings. The fourth-order valence-corrected chi connectivity index (χ4v) is 3.08. The minimum absolute atomic E-state index is 0.00249. The summed E-state index contributed by atoms with van der Waals surface area (Å²) in [5, 5.41) is 5.04. The first-order valence-electron chi connectivity index (χ1n) is 6.24. The van der Waals surface area contributed by atoms with Gasteiger partial charge in [0.05, 0.1) is 5.69 Å². The zero-order chi connectivity index (χ0) is 15.7. The van der Waals surface area contributed by atoms with Crippen molar-refractivity contribution in [2.24, 2.45) is 4.40 Å². The zero-order valence-electron chi connectivity index (χ0n) is 11.1. The number of nitrogens with zero attached hydrogens (tertiary/aromatic N) is 1. The van der Waals surface area contributed by atoms with Gasteiger partial charge in [0.1, 0.15) is 10.7 Å². The van der Waals surface area contributed by atoms with Gasteiger partial charge in [0, 0.05) is 5.69 Å².